The first-order valence-electron chi connectivity index (χ1n) is 3.54. The highest BCUT2D eigenvalue weighted by molar-refractivity contribution is 6.30. The fourth-order valence-electron chi connectivity index (χ4n) is 0.722. The Morgan fingerprint density at radius 1 is 1.42 bits per heavy atom. The number of benzene rings is 1. The standard InChI is InChI=1S/C8H10ClN3/c9-8-3-1-7(2-4-8)5-11-12-6-10/h1-5,12H,6,10H2/b11-5+. The van der Waals surface area contributed by atoms with Crippen molar-refractivity contribution in [3.63, 3.8) is 0 Å². The molecule has 0 radical (unpaired) electrons. The highest BCUT2D eigenvalue weighted by atomic mass is 35.5. The molecule has 0 saturated carbocycles. The SMILES string of the molecule is NCN/N=C/c1ccc(Cl)cc1. The third-order valence-corrected chi connectivity index (χ3v) is 1.52. The Bertz CT molecular complexity index is 256. The van der Waals surface area contributed by atoms with E-state index in [1.165, 1.54) is 0 Å². The maximum Gasteiger partial charge on any atom is 0.0798 e. The number of hydrogen-bond acceptors (Lipinski definition) is 3. The molecule has 1 aromatic rings. The first kappa shape index (κ1) is 9.03. The summed E-state index contributed by atoms with van der Waals surface area (Å²) in [7, 11) is 0. The van der Waals surface area contributed by atoms with Gasteiger partial charge in [-0.05, 0) is 17.7 Å². The normalized spacial score (nSPS) is 10.5. The molecule has 0 spiro atoms. The van der Waals surface area contributed by atoms with Crippen molar-refractivity contribution >= 4 is 17.8 Å². The van der Waals surface area contributed by atoms with Gasteiger partial charge in [0.15, 0.2) is 0 Å². The van der Waals surface area contributed by atoms with Crippen LogP contribution < -0.4 is 11.2 Å². The minimum Gasteiger partial charge on any atom is -0.313 e. The van der Waals surface area contributed by atoms with E-state index in [0.29, 0.717) is 6.67 Å². The van der Waals surface area contributed by atoms with E-state index < -0.39 is 0 Å². The molecule has 0 atom stereocenters. The maximum absolute atomic E-state index is 5.69. The highest BCUT2D eigenvalue weighted by Crippen LogP contribution is 2.07. The maximum atomic E-state index is 5.69. The molecular formula is C8H10ClN3. The zero-order valence-corrected chi connectivity index (χ0v) is 7.25. The number of hydrazone groups is 1. The van der Waals surface area contributed by atoms with Crippen LogP contribution >= 0.6 is 11.6 Å². The van der Waals surface area contributed by atoms with Crippen molar-refractivity contribution in [2.45, 2.75) is 0 Å². The number of rotatable bonds is 3. The summed E-state index contributed by atoms with van der Waals surface area (Å²) in [6, 6.07) is 7.38. The molecule has 0 aromatic heterocycles. The Labute approximate surface area is 76.2 Å². The fourth-order valence-corrected chi connectivity index (χ4v) is 0.848. The Morgan fingerprint density at radius 2 is 2.08 bits per heavy atom. The molecule has 0 bridgehead atoms. The number of nitrogens with two attached hydrogens (primary N) is 1. The van der Waals surface area contributed by atoms with Crippen LogP contribution in [-0.4, -0.2) is 12.9 Å². The van der Waals surface area contributed by atoms with Gasteiger partial charge in [-0.15, -0.1) is 0 Å². The summed E-state index contributed by atoms with van der Waals surface area (Å²) < 4.78 is 0. The van der Waals surface area contributed by atoms with E-state index in [1.54, 1.807) is 6.21 Å². The molecule has 4 heteroatoms. The predicted octanol–water partition coefficient (Wildman–Crippen LogP) is 1.18. The summed E-state index contributed by atoms with van der Waals surface area (Å²) >= 11 is 5.69. The molecule has 0 saturated heterocycles. The monoisotopic (exact) mass is 183 g/mol. The van der Waals surface area contributed by atoms with Gasteiger partial charge in [-0.25, -0.2) is 0 Å². The van der Waals surface area contributed by atoms with E-state index in [1.807, 2.05) is 24.3 Å². The molecular weight excluding hydrogens is 174 g/mol. The molecule has 1 aromatic carbocycles. The summed E-state index contributed by atoms with van der Waals surface area (Å²) in [5.74, 6) is 0. The average Bonchev–Trinajstić information content (AvgIpc) is 2.09. The molecule has 12 heavy (non-hydrogen) atoms. The molecule has 0 unspecified atom stereocenters. The lowest BCUT2D eigenvalue weighted by atomic mass is 10.2. The van der Waals surface area contributed by atoms with Crippen LogP contribution in [0.5, 0.6) is 0 Å². The van der Waals surface area contributed by atoms with Crippen molar-refractivity contribution in [1.82, 2.24) is 5.43 Å². The van der Waals surface area contributed by atoms with Crippen LogP contribution in [-0.2, 0) is 0 Å². The minimum atomic E-state index is 0.337. The van der Waals surface area contributed by atoms with Crippen molar-refractivity contribution in [2.75, 3.05) is 6.67 Å². The van der Waals surface area contributed by atoms with E-state index in [-0.39, 0.29) is 0 Å². The summed E-state index contributed by atoms with van der Waals surface area (Å²) in [6.45, 7) is 0.337. The Kier molecular flexibility index (Phi) is 3.57. The Morgan fingerprint density at radius 3 is 2.67 bits per heavy atom. The lowest BCUT2D eigenvalue weighted by molar-refractivity contribution is 0.764. The van der Waals surface area contributed by atoms with Gasteiger partial charge >= 0.3 is 0 Å². The molecule has 0 heterocycles. The molecule has 0 fully saturated rings. The second kappa shape index (κ2) is 4.74. The molecule has 0 aliphatic rings. The average molecular weight is 184 g/mol. The summed E-state index contributed by atoms with van der Waals surface area (Å²) in [4.78, 5) is 0. The van der Waals surface area contributed by atoms with Gasteiger partial charge in [-0.3, -0.25) is 5.43 Å². The molecule has 1 rings (SSSR count). The van der Waals surface area contributed by atoms with Crippen molar-refractivity contribution in [2.24, 2.45) is 10.8 Å². The van der Waals surface area contributed by atoms with E-state index in [2.05, 4.69) is 10.5 Å². The zero-order valence-electron chi connectivity index (χ0n) is 6.50. The van der Waals surface area contributed by atoms with E-state index in [9.17, 15) is 0 Å². The van der Waals surface area contributed by atoms with Gasteiger partial charge in [-0.2, -0.15) is 5.10 Å². The first-order valence-corrected chi connectivity index (χ1v) is 3.92. The van der Waals surface area contributed by atoms with E-state index in [0.717, 1.165) is 10.6 Å². The highest BCUT2D eigenvalue weighted by Gasteiger charge is 1.86. The van der Waals surface area contributed by atoms with Gasteiger partial charge in [0.2, 0.25) is 0 Å². The third kappa shape index (κ3) is 2.90. The van der Waals surface area contributed by atoms with Crippen molar-refractivity contribution in [3.05, 3.63) is 34.9 Å². The second-order valence-corrected chi connectivity index (χ2v) is 2.61. The lowest BCUT2D eigenvalue weighted by Crippen LogP contribution is -2.16. The fraction of sp³-hybridized carbons (Fsp3) is 0.125. The number of nitrogens with one attached hydrogen (secondary N) is 1. The van der Waals surface area contributed by atoms with Gasteiger partial charge in [0.05, 0.1) is 12.9 Å². The number of hydrogen-bond donors (Lipinski definition) is 2. The third-order valence-electron chi connectivity index (χ3n) is 1.27. The van der Waals surface area contributed by atoms with Gasteiger partial charge < -0.3 is 5.73 Å². The lowest BCUT2D eigenvalue weighted by Gasteiger charge is -1.93. The van der Waals surface area contributed by atoms with Crippen LogP contribution in [0.1, 0.15) is 5.56 Å². The predicted molar refractivity (Wildman–Crippen MR) is 51.2 cm³/mol. The van der Waals surface area contributed by atoms with Gasteiger partial charge in [-0.1, -0.05) is 23.7 Å². The zero-order chi connectivity index (χ0) is 8.81. The summed E-state index contributed by atoms with van der Waals surface area (Å²) in [5.41, 5.74) is 8.78. The molecule has 3 N–H and O–H groups in total. The summed E-state index contributed by atoms with van der Waals surface area (Å²) in [5, 5.41) is 4.57. The van der Waals surface area contributed by atoms with Gasteiger partial charge in [0, 0.05) is 5.02 Å². The molecule has 0 amide bonds. The van der Waals surface area contributed by atoms with Crippen LogP contribution in [0.3, 0.4) is 0 Å². The van der Waals surface area contributed by atoms with E-state index >= 15 is 0 Å². The first-order chi connectivity index (χ1) is 5.83. The Balaban J connectivity index is 2.58. The molecule has 3 nitrogen and oxygen atoms in total. The number of halogens is 1. The second-order valence-electron chi connectivity index (χ2n) is 2.17. The topological polar surface area (TPSA) is 50.4 Å². The largest absolute Gasteiger partial charge is 0.313 e. The van der Waals surface area contributed by atoms with Crippen molar-refractivity contribution < 1.29 is 0 Å². The molecule has 64 valence electrons. The van der Waals surface area contributed by atoms with Crippen LogP contribution in [0.4, 0.5) is 0 Å². The van der Waals surface area contributed by atoms with Crippen LogP contribution in [0.2, 0.25) is 5.02 Å². The smallest absolute Gasteiger partial charge is 0.0798 e. The minimum absolute atomic E-state index is 0.337. The number of nitrogens with zero attached hydrogens (tertiary/aromatic N) is 1. The van der Waals surface area contributed by atoms with E-state index in [4.69, 9.17) is 17.3 Å². The molecule has 0 aliphatic heterocycles. The Hall–Kier alpha value is -1.06. The van der Waals surface area contributed by atoms with Crippen molar-refractivity contribution in [1.29, 1.82) is 0 Å². The van der Waals surface area contributed by atoms with Crippen LogP contribution in [0.15, 0.2) is 29.4 Å². The van der Waals surface area contributed by atoms with Crippen LogP contribution in [0.25, 0.3) is 0 Å². The van der Waals surface area contributed by atoms with Gasteiger partial charge in [0.25, 0.3) is 0 Å². The molecule has 0 aliphatic carbocycles. The van der Waals surface area contributed by atoms with Crippen LogP contribution in [0, 0.1) is 0 Å². The van der Waals surface area contributed by atoms with Crippen molar-refractivity contribution in [3.8, 4) is 0 Å². The van der Waals surface area contributed by atoms with Gasteiger partial charge in [0.1, 0.15) is 0 Å². The summed E-state index contributed by atoms with van der Waals surface area (Å²) in [6.07, 6.45) is 1.68. The quantitative estimate of drug-likeness (QED) is 0.420.